The third kappa shape index (κ3) is 6.75. The summed E-state index contributed by atoms with van der Waals surface area (Å²) in [5, 5.41) is 5.22. The number of nitrogens with zero attached hydrogens (tertiary/aromatic N) is 3. The van der Waals surface area contributed by atoms with Crippen molar-refractivity contribution in [3.8, 4) is 5.69 Å². The number of aryl methyl sites for hydroxylation is 3. The number of carbonyl (C=O) groups excluding carboxylic acids is 1. The molecule has 0 atom stereocenters. The summed E-state index contributed by atoms with van der Waals surface area (Å²) in [6, 6.07) is 19.6. The fourth-order valence-corrected chi connectivity index (χ4v) is 5.81. The second kappa shape index (κ2) is 11.9. The lowest BCUT2D eigenvalue weighted by molar-refractivity contribution is 0.0955. The highest BCUT2D eigenvalue weighted by Gasteiger charge is 2.19. The van der Waals surface area contributed by atoms with Gasteiger partial charge in [0.15, 0.2) is 0 Å². The van der Waals surface area contributed by atoms with Crippen molar-refractivity contribution in [1.29, 1.82) is 0 Å². The largest absolute Gasteiger partial charge is 0.318 e. The molecule has 40 heavy (non-hydrogen) atoms. The topological polar surface area (TPSA) is 83.8 Å². The molecule has 0 aliphatic heterocycles. The minimum Gasteiger partial charge on any atom is -0.318 e. The van der Waals surface area contributed by atoms with Gasteiger partial charge < -0.3 is 4.57 Å². The molecule has 1 amide bonds. The van der Waals surface area contributed by atoms with Gasteiger partial charge in [-0.15, -0.1) is 0 Å². The molecule has 0 saturated heterocycles. The quantitative estimate of drug-likeness (QED) is 0.180. The van der Waals surface area contributed by atoms with E-state index in [4.69, 9.17) is 23.2 Å². The summed E-state index contributed by atoms with van der Waals surface area (Å²) in [7, 11) is -3.52. The number of aromatic nitrogens is 1. The molecule has 10 heteroatoms. The Balaban J connectivity index is 1.45. The maximum atomic E-state index is 12.7. The van der Waals surface area contributed by atoms with Crippen molar-refractivity contribution in [2.45, 2.75) is 34.2 Å². The van der Waals surface area contributed by atoms with Gasteiger partial charge in [0.25, 0.3) is 5.91 Å². The smallest absolute Gasteiger partial charge is 0.271 e. The van der Waals surface area contributed by atoms with E-state index < -0.39 is 10.0 Å². The molecule has 3 aromatic carbocycles. The Kier molecular flexibility index (Phi) is 8.73. The summed E-state index contributed by atoms with van der Waals surface area (Å²) < 4.78 is 28.4. The van der Waals surface area contributed by atoms with Gasteiger partial charge in [-0.05, 0) is 92.9 Å². The predicted molar refractivity (Wildman–Crippen MR) is 164 cm³/mol. The van der Waals surface area contributed by atoms with Gasteiger partial charge in [0.2, 0.25) is 10.0 Å². The minimum atomic E-state index is -3.52. The molecule has 0 spiro atoms. The van der Waals surface area contributed by atoms with Crippen LogP contribution in [0, 0.1) is 27.7 Å². The number of halogens is 2. The lowest BCUT2D eigenvalue weighted by Crippen LogP contribution is -2.29. The van der Waals surface area contributed by atoms with Crippen molar-refractivity contribution in [2.24, 2.45) is 5.10 Å². The summed E-state index contributed by atoms with van der Waals surface area (Å²) in [5.74, 6) is -0.382. The normalized spacial score (nSPS) is 11.7. The first-order chi connectivity index (χ1) is 18.8. The Morgan fingerprint density at radius 1 is 0.925 bits per heavy atom. The molecule has 0 radical (unpaired) electrons. The highest BCUT2D eigenvalue weighted by molar-refractivity contribution is 7.92. The number of rotatable bonds is 8. The molecule has 0 fully saturated rings. The maximum Gasteiger partial charge on any atom is 0.271 e. The molecule has 0 saturated carbocycles. The van der Waals surface area contributed by atoms with Crippen LogP contribution >= 0.6 is 23.2 Å². The summed E-state index contributed by atoms with van der Waals surface area (Å²) in [5.41, 5.74) is 9.94. The Morgan fingerprint density at radius 3 is 2.17 bits per heavy atom. The van der Waals surface area contributed by atoms with Crippen LogP contribution in [0.15, 0.2) is 71.8 Å². The fraction of sp³-hybridized carbons (Fsp3) is 0.200. The highest BCUT2D eigenvalue weighted by Crippen LogP contribution is 2.26. The SMILES string of the molecule is Cc1ccc(N(Cc2ccc(C(=O)N/N=C\c3cc(C)n(-c4cc(Cl)cc(Cl)c4)c3C)cc2)S(C)(=O)=O)cc1C. The van der Waals surface area contributed by atoms with Crippen molar-refractivity contribution in [2.75, 3.05) is 10.6 Å². The lowest BCUT2D eigenvalue weighted by atomic mass is 10.1. The van der Waals surface area contributed by atoms with E-state index in [1.807, 2.05) is 62.6 Å². The number of carbonyl (C=O) groups is 1. The zero-order valence-electron chi connectivity index (χ0n) is 22.9. The first-order valence-electron chi connectivity index (χ1n) is 12.5. The van der Waals surface area contributed by atoms with Gasteiger partial charge >= 0.3 is 0 Å². The Morgan fingerprint density at radius 2 is 1.57 bits per heavy atom. The first-order valence-corrected chi connectivity index (χ1v) is 15.1. The van der Waals surface area contributed by atoms with Crippen LogP contribution in [0.4, 0.5) is 5.69 Å². The molecule has 7 nitrogen and oxygen atoms in total. The molecule has 1 aromatic heterocycles. The van der Waals surface area contributed by atoms with E-state index in [2.05, 4.69) is 10.5 Å². The highest BCUT2D eigenvalue weighted by atomic mass is 35.5. The second-order valence-corrected chi connectivity index (χ2v) is 12.5. The van der Waals surface area contributed by atoms with E-state index in [9.17, 15) is 13.2 Å². The number of hydrazone groups is 1. The average molecular weight is 598 g/mol. The van der Waals surface area contributed by atoms with Crippen LogP contribution in [0.25, 0.3) is 5.69 Å². The summed E-state index contributed by atoms with van der Waals surface area (Å²) in [6.45, 7) is 7.98. The van der Waals surface area contributed by atoms with Crippen LogP contribution in [0.2, 0.25) is 10.0 Å². The number of sulfonamides is 1. The van der Waals surface area contributed by atoms with E-state index >= 15 is 0 Å². The number of hydrogen-bond acceptors (Lipinski definition) is 4. The van der Waals surface area contributed by atoms with Gasteiger partial charge in [-0.3, -0.25) is 9.10 Å². The summed E-state index contributed by atoms with van der Waals surface area (Å²) in [4.78, 5) is 12.7. The van der Waals surface area contributed by atoms with Crippen LogP contribution in [-0.2, 0) is 16.6 Å². The Bertz CT molecular complexity index is 1690. The van der Waals surface area contributed by atoms with E-state index in [0.29, 0.717) is 21.3 Å². The zero-order valence-corrected chi connectivity index (χ0v) is 25.2. The second-order valence-electron chi connectivity index (χ2n) is 9.72. The molecule has 1 heterocycles. The first kappa shape index (κ1) is 29.4. The summed E-state index contributed by atoms with van der Waals surface area (Å²) >= 11 is 12.4. The van der Waals surface area contributed by atoms with Crippen molar-refractivity contribution in [1.82, 2.24) is 9.99 Å². The van der Waals surface area contributed by atoms with Crippen LogP contribution in [0.5, 0.6) is 0 Å². The predicted octanol–water partition coefficient (Wildman–Crippen LogP) is 6.75. The van der Waals surface area contributed by atoms with E-state index in [-0.39, 0.29) is 12.5 Å². The third-order valence-electron chi connectivity index (χ3n) is 6.67. The molecule has 0 bridgehead atoms. The van der Waals surface area contributed by atoms with Crippen molar-refractivity contribution >= 4 is 51.0 Å². The zero-order chi connectivity index (χ0) is 29.2. The van der Waals surface area contributed by atoms with Gasteiger partial charge in [0, 0.05) is 38.2 Å². The molecule has 4 rings (SSSR count). The van der Waals surface area contributed by atoms with Crippen LogP contribution in [0.3, 0.4) is 0 Å². The van der Waals surface area contributed by atoms with Gasteiger partial charge in [-0.1, -0.05) is 41.4 Å². The molecule has 208 valence electrons. The monoisotopic (exact) mass is 596 g/mol. The van der Waals surface area contributed by atoms with E-state index in [1.54, 1.807) is 42.6 Å². The number of nitrogens with one attached hydrogen (secondary N) is 1. The van der Waals surface area contributed by atoms with Crippen LogP contribution in [-0.4, -0.2) is 31.4 Å². The lowest BCUT2D eigenvalue weighted by Gasteiger charge is -2.23. The molecule has 0 aliphatic rings. The molecule has 0 unspecified atom stereocenters. The Hall–Kier alpha value is -3.59. The average Bonchev–Trinajstić information content (AvgIpc) is 3.16. The number of hydrogen-bond donors (Lipinski definition) is 1. The molecular formula is C30H30Cl2N4O3S. The fourth-order valence-electron chi connectivity index (χ4n) is 4.42. The Labute approximate surface area is 245 Å². The van der Waals surface area contributed by atoms with Gasteiger partial charge in [-0.25, -0.2) is 13.8 Å². The van der Waals surface area contributed by atoms with Crippen LogP contribution < -0.4 is 9.73 Å². The third-order valence-corrected chi connectivity index (χ3v) is 8.24. The molecule has 1 N–H and O–H groups in total. The van der Waals surface area contributed by atoms with E-state index in [1.165, 1.54) is 10.6 Å². The standard InChI is InChI=1S/C30H30Cl2N4O3S/c1-19-6-11-28(12-20(19)2)35(40(5,38)39)18-23-7-9-24(10-8-23)30(37)34-33-17-25-13-21(3)36(22(25)4)29-15-26(31)14-27(32)16-29/h6-17H,18H2,1-5H3,(H,34,37)/b33-17-. The van der Waals surface area contributed by atoms with Gasteiger partial charge in [0.1, 0.15) is 0 Å². The van der Waals surface area contributed by atoms with Gasteiger partial charge in [-0.2, -0.15) is 5.10 Å². The number of benzene rings is 3. The molecular weight excluding hydrogens is 567 g/mol. The van der Waals surface area contributed by atoms with Crippen molar-refractivity contribution < 1.29 is 13.2 Å². The van der Waals surface area contributed by atoms with Crippen molar-refractivity contribution in [3.05, 3.63) is 116 Å². The maximum absolute atomic E-state index is 12.7. The van der Waals surface area contributed by atoms with Gasteiger partial charge in [0.05, 0.1) is 24.7 Å². The summed E-state index contributed by atoms with van der Waals surface area (Å²) in [6.07, 6.45) is 2.77. The number of amides is 1. The van der Waals surface area contributed by atoms with E-state index in [0.717, 1.165) is 39.3 Å². The van der Waals surface area contributed by atoms with Crippen LogP contribution in [0.1, 0.15) is 44.0 Å². The number of anilines is 1. The molecule has 4 aromatic rings. The molecule has 0 aliphatic carbocycles. The van der Waals surface area contributed by atoms with Crippen molar-refractivity contribution in [3.63, 3.8) is 0 Å². The minimum absolute atomic E-state index is 0.148.